The lowest BCUT2D eigenvalue weighted by Crippen LogP contribution is -2.69. The van der Waals surface area contributed by atoms with Gasteiger partial charge in [0, 0.05) is 23.2 Å². The number of aliphatic hydroxyl groups is 1. The van der Waals surface area contributed by atoms with Gasteiger partial charge in [0.25, 0.3) is 0 Å². The number of unbranched alkanes of at least 4 members (excludes halogenated alkanes) is 2. The largest absolute Gasteiger partial charge is 0.450 e. The van der Waals surface area contributed by atoms with Gasteiger partial charge in [-0.1, -0.05) is 46.6 Å². The fraction of sp³-hybridized carbons (Fsp3) is 0.750. The SMILES string of the molecule is CCCCCC(=O)O[C@]1(C(=O)CF)[C@@H](C)C[C@H]2[C@@H]3CCC4=C(F)C(=O)C=C[C@]4(C)[C@@]3(Cl)[C@@H](O)C[C@@]21C. The zero-order valence-corrected chi connectivity index (χ0v) is 22.3. The molecule has 0 aromatic carbocycles. The molecule has 4 rings (SSSR count). The van der Waals surface area contributed by atoms with Gasteiger partial charge in [-0.2, -0.15) is 0 Å². The molecule has 0 unspecified atom stereocenters. The molecule has 0 radical (unpaired) electrons. The lowest BCUT2D eigenvalue weighted by atomic mass is 9.45. The van der Waals surface area contributed by atoms with Crippen LogP contribution in [0.4, 0.5) is 8.78 Å². The van der Waals surface area contributed by atoms with E-state index in [2.05, 4.69) is 0 Å². The molecule has 3 saturated carbocycles. The van der Waals surface area contributed by atoms with Crippen LogP contribution in [-0.2, 0) is 19.1 Å². The van der Waals surface area contributed by atoms with Gasteiger partial charge in [0.15, 0.2) is 18.1 Å². The molecular formula is C28H37ClF2O5. The quantitative estimate of drug-likeness (QED) is 0.266. The minimum Gasteiger partial charge on any atom is -0.450 e. The molecule has 0 saturated heterocycles. The average molecular weight is 527 g/mol. The maximum Gasteiger partial charge on any atom is 0.306 e. The Balaban J connectivity index is 1.78. The number of fused-ring (bicyclic) bond motifs is 5. The smallest absolute Gasteiger partial charge is 0.306 e. The molecule has 8 heteroatoms. The maximum absolute atomic E-state index is 15.0. The molecule has 0 aliphatic heterocycles. The third-order valence-electron chi connectivity index (χ3n) is 10.1. The summed E-state index contributed by atoms with van der Waals surface area (Å²) in [6, 6.07) is 0. The van der Waals surface area contributed by atoms with Crippen LogP contribution in [0.3, 0.4) is 0 Å². The van der Waals surface area contributed by atoms with Crippen molar-refractivity contribution in [3.63, 3.8) is 0 Å². The van der Waals surface area contributed by atoms with Gasteiger partial charge in [0.05, 0.1) is 11.0 Å². The molecule has 36 heavy (non-hydrogen) atoms. The first-order valence-corrected chi connectivity index (χ1v) is 13.5. The van der Waals surface area contributed by atoms with Crippen LogP contribution in [0.1, 0.15) is 79.1 Å². The predicted octanol–water partition coefficient (Wildman–Crippen LogP) is 5.57. The summed E-state index contributed by atoms with van der Waals surface area (Å²) < 4.78 is 35.0. The Bertz CT molecular complexity index is 1030. The predicted molar refractivity (Wildman–Crippen MR) is 132 cm³/mol. The van der Waals surface area contributed by atoms with E-state index in [1.807, 2.05) is 13.8 Å². The third-order valence-corrected chi connectivity index (χ3v) is 11.0. The third kappa shape index (κ3) is 3.44. The number of allylic oxidation sites excluding steroid dienone is 4. The van der Waals surface area contributed by atoms with Gasteiger partial charge in [-0.25, -0.2) is 8.78 Å². The van der Waals surface area contributed by atoms with Crippen LogP contribution in [0.15, 0.2) is 23.6 Å². The summed E-state index contributed by atoms with van der Waals surface area (Å²) in [5.74, 6) is -3.97. The average Bonchev–Trinajstić information content (AvgIpc) is 3.04. The van der Waals surface area contributed by atoms with Crippen LogP contribution in [-0.4, -0.2) is 45.9 Å². The molecule has 0 amide bonds. The molecule has 4 aliphatic rings. The molecule has 0 heterocycles. The van der Waals surface area contributed by atoms with E-state index in [0.717, 1.165) is 12.8 Å². The normalized spacial score (nSPS) is 43.6. The molecule has 0 spiro atoms. The number of Topliss-reactive ketones (excluding diaryl/α,β-unsaturated/α-hetero) is 1. The summed E-state index contributed by atoms with van der Waals surface area (Å²) in [4.78, 5) is 37.0. The summed E-state index contributed by atoms with van der Waals surface area (Å²) >= 11 is 7.35. The number of aliphatic hydroxyl groups excluding tert-OH is 1. The highest BCUT2D eigenvalue weighted by atomic mass is 35.5. The van der Waals surface area contributed by atoms with Gasteiger partial charge < -0.3 is 9.84 Å². The van der Waals surface area contributed by atoms with E-state index in [9.17, 15) is 28.3 Å². The van der Waals surface area contributed by atoms with Gasteiger partial charge in [-0.3, -0.25) is 14.4 Å². The monoisotopic (exact) mass is 526 g/mol. The number of esters is 1. The number of hydrogen-bond donors (Lipinski definition) is 1. The Morgan fingerprint density at radius 1 is 1.25 bits per heavy atom. The number of hydrogen-bond acceptors (Lipinski definition) is 5. The summed E-state index contributed by atoms with van der Waals surface area (Å²) in [6.07, 6.45) is 5.20. The molecule has 5 nitrogen and oxygen atoms in total. The Morgan fingerprint density at radius 3 is 2.58 bits per heavy atom. The lowest BCUT2D eigenvalue weighted by molar-refractivity contribution is -0.202. The van der Waals surface area contributed by atoms with Crippen LogP contribution in [0.5, 0.6) is 0 Å². The van der Waals surface area contributed by atoms with Crippen LogP contribution >= 0.6 is 11.6 Å². The zero-order chi connectivity index (χ0) is 26.7. The first-order valence-electron chi connectivity index (χ1n) is 13.2. The van der Waals surface area contributed by atoms with Crippen molar-refractivity contribution < 1.29 is 33.0 Å². The first-order chi connectivity index (χ1) is 16.8. The van der Waals surface area contributed by atoms with Crippen LogP contribution in [0, 0.1) is 28.6 Å². The van der Waals surface area contributed by atoms with Crippen molar-refractivity contribution >= 4 is 29.1 Å². The minimum absolute atomic E-state index is 0.0116. The van der Waals surface area contributed by atoms with Gasteiger partial charge in [0.1, 0.15) is 0 Å². The molecule has 0 aromatic heterocycles. The molecule has 4 aliphatic carbocycles. The van der Waals surface area contributed by atoms with E-state index < -0.39 is 63.4 Å². The fourth-order valence-electron chi connectivity index (χ4n) is 8.33. The number of rotatable bonds is 7. The van der Waals surface area contributed by atoms with Gasteiger partial charge >= 0.3 is 5.97 Å². The number of ether oxygens (including phenoxy) is 1. The van der Waals surface area contributed by atoms with E-state index in [4.69, 9.17) is 16.3 Å². The number of ketones is 2. The number of halogens is 3. The van der Waals surface area contributed by atoms with Crippen LogP contribution in [0.25, 0.3) is 0 Å². The summed E-state index contributed by atoms with van der Waals surface area (Å²) in [5, 5.41) is 11.7. The molecule has 0 bridgehead atoms. The molecule has 8 atom stereocenters. The van der Waals surface area contributed by atoms with Crippen molar-refractivity contribution in [3.05, 3.63) is 23.6 Å². The molecule has 200 valence electrons. The van der Waals surface area contributed by atoms with Crippen molar-refractivity contribution in [1.82, 2.24) is 0 Å². The Kier molecular flexibility index (Phi) is 7.09. The Morgan fingerprint density at radius 2 is 1.94 bits per heavy atom. The van der Waals surface area contributed by atoms with E-state index in [1.165, 1.54) is 6.08 Å². The number of alkyl halides is 2. The van der Waals surface area contributed by atoms with Crippen molar-refractivity contribution in [3.8, 4) is 0 Å². The van der Waals surface area contributed by atoms with E-state index in [1.54, 1.807) is 19.9 Å². The maximum atomic E-state index is 15.0. The minimum atomic E-state index is -1.71. The van der Waals surface area contributed by atoms with Crippen molar-refractivity contribution in [1.29, 1.82) is 0 Å². The Hall–Kier alpha value is -1.60. The summed E-state index contributed by atoms with van der Waals surface area (Å²) in [6.45, 7) is 6.10. The highest BCUT2D eigenvalue weighted by Crippen LogP contribution is 2.72. The van der Waals surface area contributed by atoms with E-state index in [0.29, 0.717) is 24.8 Å². The second-order valence-electron chi connectivity index (χ2n) is 11.7. The van der Waals surface area contributed by atoms with Gasteiger partial charge in [-0.05, 0) is 55.6 Å². The van der Waals surface area contributed by atoms with Crippen molar-refractivity contribution in [2.75, 3.05) is 6.67 Å². The topological polar surface area (TPSA) is 80.7 Å². The van der Waals surface area contributed by atoms with Crippen LogP contribution < -0.4 is 0 Å². The molecule has 3 fully saturated rings. The first kappa shape index (κ1) is 27.4. The second kappa shape index (κ2) is 9.30. The van der Waals surface area contributed by atoms with Crippen LogP contribution in [0.2, 0.25) is 0 Å². The summed E-state index contributed by atoms with van der Waals surface area (Å²) in [5.41, 5.74) is -3.58. The molecule has 1 N–H and O–H groups in total. The standard InChI is InChI=1S/C28H37ClF2O5/c1-5-6-7-8-23(35)36-28(22(34)15-30)16(2)13-19-17-9-10-18-24(31)20(32)11-12-25(18,3)27(17,29)21(33)14-26(19,28)4/h11-12,16-17,19,21,33H,5-10,13-15H2,1-4H3/t16-,17-,19-,21-,25-,26-,27-,28-/m0/s1. The highest BCUT2D eigenvalue weighted by molar-refractivity contribution is 6.26. The number of carbonyl (C=O) groups excluding carboxylic acids is 3. The number of carbonyl (C=O) groups is 3. The molecular weight excluding hydrogens is 490 g/mol. The molecule has 0 aromatic rings. The van der Waals surface area contributed by atoms with Crippen molar-refractivity contribution in [2.45, 2.75) is 95.6 Å². The van der Waals surface area contributed by atoms with Crippen molar-refractivity contribution in [2.24, 2.45) is 28.6 Å². The van der Waals surface area contributed by atoms with Gasteiger partial charge in [0.2, 0.25) is 11.6 Å². The highest BCUT2D eigenvalue weighted by Gasteiger charge is 2.76. The fourth-order valence-corrected chi connectivity index (χ4v) is 8.84. The van der Waals surface area contributed by atoms with Gasteiger partial charge in [-0.15, -0.1) is 11.6 Å². The second-order valence-corrected chi connectivity index (χ2v) is 12.3. The zero-order valence-electron chi connectivity index (χ0n) is 21.5. The Labute approximate surface area is 216 Å². The van der Waals surface area contributed by atoms with E-state index in [-0.39, 0.29) is 31.1 Å². The summed E-state index contributed by atoms with van der Waals surface area (Å²) in [7, 11) is 0. The van der Waals surface area contributed by atoms with E-state index >= 15 is 0 Å². The lowest BCUT2D eigenvalue weighted by Gasteiger charge is -2.64.